The first-order chi connectivity index (χ1) is 32.7. The molecule has 0 fully saturated rings. The molecule has 10 aromatic rings. The van der Waals surface area contributed by atoms with E-state index in [2.05, 4.69) is 208 Å². The Hall–Kier alpha value is -6.62. The number of hydrogen-bond donors (Lipinski definition) is 0. The third-order valence-corrected chi connectivity index (χ3v) is 14.3. The molecule has 0 saturated heterocycles. The Bertz CT molecular complexity index is 3310. The van der Waals surface area contributed by atoms with Crippen molar-refractivity contribution in [2.45, 2.75) is 79.6 Å². The van der Waals surface area contributed by atoms with E-state index in [4.69, 9.17) is 21.0 Å². The van der Waals surface area contributed by atoms with Gasteiger partial charge in [0.25, 0.3) is 0 Å². The summed E-state index contributed by atoms with van der Waals surface area (Å²) in [6.07, 6.45) is 10.1. The predicted molar refractivity (Wildman–Crippen MR) is 286 cm³/mol. The van der Waals surface area contributed by atoms with Gasteiger partial charge in [0.05, 0.1) is 33.6 Å². The molecule has 3 aromatic heterocycles. The van der Waals surface area contributed by atoms with E-state index in [9.17, 15) is 0 Å². The molecule has 0 N–H and O–H groups in total. The van der Waals surface area contributed by atoms with Crippen molar-refractivity contribution in [1.29, 1.82) is 0 Å². The van der Waals surface area contributed by atoms with Crippen molar-refractivity contribution in [1.82, 2.24) is 9.55 Å². The van der Waals surface area contributed by atoms with Gasteiger partial charge in [-0.2, -0.15) is 0 Å². The van der Waals surface area contributed by atoms with E-state index in [1.165, 1.54) is 58.5 Å². The number of fused-ring (bicyclic) bond motifs is 6. The minimum atomic E-state index is 0.595. The van der Waals surface area contributed by atoms with Gasteiger partial charge in [0.15, 0.2) is 0 Å². The second-order valence-electron chi connectivity index (χ2n) is 19.3. The molecule has 336 valence electrons. The van der Waals surface area contributed by atoms with E-state index in [1.807, 2.05) is 6.20 Å². The number of aromatic nitrogens is 2. The number of hydrogen-bond acceptors (Lipinski definition) is 3. The summed E-state index contributed by atoms with van der Waals surface area (Å²) in [4.78, 5) is 7.19. The SMILES string of the molecule is CCC(C)CCCC(C)Cc1ccc2oc3cc(N(c4ccc(-c5ccccc5)cc4)c4ccc(-c5ccc6c(c5)c5ccccc5n6-c5cnc(CCC(C)C)c(Cl)c5)cc4)ccc3c2c1. The van der Waals surface area contributed by atoms with E-state index >= 15 is 0 Å². The summed E-state index contributed by atoms with van der Waals surface area (Å²) >= 11 is 6.88. The summed E-state index contributed by atoms with van der Waals surface area (Å²) in [7, 11) is 0. The van der Waals surface area contributed by atoms with Crippen molar-refractivity contribution in [3.05, 3.63) is 186 Å². The van der Waals surface area contributed by atoms with Crippen LogP contribution in [-0.4, -0.2) is 9.55 Å². The van der Waals surface area contributed by atoms with Crippen LogP contribution in [0.5, 0.6) is 0 Å². The summed E-state index contributed by atoms with van der Waals surface area (Å²) in [5, 5.41) is 5.44. The van der Waals surface area contributed by atoms with Crippen molar-refractivity contribution in [3.8, 4) is 27.9 Å². The standard InChI is InChI=1S/C62H60ClN3O/c1-6-42(4)13-12-14-43(5)35-44-20-34-61-56(36-44)54-31-30-51(39-62(54)67-61)65(49-26-21-46(22-27-49)45-15-8-7-9-16-45)50-28-23-47(24-29-50)48-25-33-60-55(37-48)53-17-10-11-18-59(53)66(60)52-38-57(63)58(64-40-52)32-19-41(2)3/h7-11,15-18,20-31,33-34,36-43H,6,12-14,19,32,35H2,1-5H3. The maximum Gasteiger partial charge on any atom is 0.137 e. The molecule has 0 aliphatic heterocycles. The fourth-order valence-electron chi connectivity index (χ4n) is 9.90. The van der Waals surface area contributed by atoms with Crippen LogP contribution >= 0.6 is 11.6 Å². The highest BCUT2D eigenvalue weighted by Gasteiger charge is 2.19. The first-order valence-corrected chi connectivity index (χ1v) is 24.8. The molecule has 67 heavy (non-hydrogen) atoms. The Morgan fingerprint density at radius 1 is 0.552 bits per heavy atom. The van der Waals surface area contributed by atoms with Crippen LogP contribution in [0.3, 0.4) is 0 Å². The van der Waals surface area contributed by atoms with Crippen LogP contribution < -0.4 is 4.90 Å². The molecule has 0 amide bonds. The molecule has 5 heteroatoms. The van der Waals surface area contributed by atoms with Crippen LogP contribution in [0, 0.1) is 17.8 Å². The lowest BCUT2D eigenvalue weighted by Gasteiger charge is -2.26. The molecule has 0 spiro atoms. The average Bonchev–Trinajstić information content (AvgIpc) is 3.89. The lowest BCUT2D eigenvalue weighted by atomic mass is 9.92. The lowest BCUT2D eigenvalue weighted by molar-refractivity contribution is 0.433. The zero-order valence-corrected chi connectivity index (χ0v) is 40.2. The third-order valence-electron chi connectivity index (χ3n) is 13.9. The number of halogens is 1. The van der Waals surface area contributed by atoms with Crippen LogP contribution in [0.2, 0.25) is 5.02 Å². The van der Waals surface area contributed by atoms with Gasteiger partial charge in [-0.25, -0.2) is 0 Å². The Balaban J connectivity index is 0.982. The zero-order valence-electron chi connectivity index (χ0n) is 39.5. The molecule has 0 radical (unpaired) electrons. The van der Waals surface area contributed by atoms with Crippen LogP contribution in [0.1, 0.15) is 78.0 Å². The molecule has 10 rings (SSSR count). The van der Waals surface area contributed by atoms with Crippen molar-refractivity contribution in [2.24, 2.45) is 17.8 Å². The minimum absolute atomic E-state index is 0.595. The van der Waals surface area contributed by atoms with Crippen LogP contribution in [-0.2, 0) is 12.8 Å². The largest absolute Gasteiger partial charge is 0.456 e. The molecule has 4 nitrogen and oxygen atoms in total. The summed E-state index contributed by atoms with van der Waals surface area (Å²) in [5.74, 6) is 2.05. The van der Waals surface area contributed by atoms with E-state index in [-0.39, 0.29) is 0 Å². The summed E-state index contributed by atoms with van der Waals surface area (Å²) < 4.78 is 8.91. The average molecular weight is 899 g/mol. The molecule has 3 heterocycles. The number of furan rings is 1. The summed E-state index contributed by atoms with van der Waals surface area (Å²) in [6.45, 7) is 11.5. The van der Waals surface area contributed by atoms with Crippen molar-refractivity contribution in [2.75, 3.05) is 4.90 Å². The highest BCUT2D eigenvalue weighted by atomic mass is 35.5. The van der Waals surface area contributed by atoms with Gasteiger partial charge in [0, 0.05) is 44.7 Å². The fourth-order valence-corrected chi connectivity index (χ4v) is 10.2. The smallest absolute Gasteiger partial charge is 0.137 e. The maximum atomic E-state index is 6.88. The molecule has 2 atom stereocenters. The normalized spacial score (nSPS) is 12.8. The molecule has 0 aliphatic rings. The van der Waals surface area contributed by atoms with E-state index in [1.54, 1.807) is 0 Å². The van der Waals surface area contributed by atoms with Crippen LogP contribution in [0.15, 0.2) is 174 Å². The van der Waals surface area contributed by atoms with Gasteiger partial charge in [-0.15, -0.1) is 0 Å². The Labute approximate surface area is 400 Å². The van der Waals surface area contributed by atoms with E-state index in [0.29, 0.717) is 11.8 Å². The van der Waals surface area contributed by atoms with Gasteiger partial charge in [0.2, 0.25) is 0 Å². The van der Waals surface area contributed by atoms with E-state index < -0.39 is 0 Å². The Morgan fingerprint density at radius 2 is 1.21 bits per heavy atom. The van der Waals surface area contributed by atoms with Gasteiger partial charge < -0.3 is 13.9 Å². The number of pyridine rings is 1. The second-order valence-corrected chi connectivity index (χ2v) is 19.7. The van der Waals surface area contributed by atoms with E-state index in [0.717, 1.165) is 97.4 Å². The van der Waals surface area contributed by atoms with Gasteiger partial charge in [-0.05, 0) is 138 Å². The topological polar surface area (TPSA) is 34.2 Å². The quantitative estimate of drug-likeness (QED) is 0.0969. The molecule has 7 aromatic carbocycles. The number of rotatable bonds is 16. The molecular weight excluding hydrogens is 838 g/mol. The molecule has 2 unspecified atom stereocenters. The highest BCUT2D eigenvalue weighted by Crippen LogP contribution is 2.41. The van der Waals surface area contributed by atoms with Gasteiger partial charge in [-0.3, -0.25) is 4.98 Å². The number of benzene rings is 7. The van der Waals surface area contributed by atoms with Crippen LogP contribution in [0.25, 0.3) is 71.7 Å². The Kier molecular flexibility index (Phi) is 12.7. The molecule has 0 bridgehead atoms. The monoisotopic (exact) mass is 897 g/mol. The maximum absolute atomic E-state index is 6.88. The minimum Gasteiger partial charge on any atom is -0.456 e. The number of para-hydroxylation sites is 1. The summed E-state index contributed by atoms with van der Waals surface area (Å²) in [5.41, 5.74) is 15.2. The fraction of sp³-hybridized carbons (Fsp3) is 0.242. The van der Waals surface area contributed by atoms with Gasteiger partial charge >= 0.3 is 0 Å². The first-order valence-electron chi connectivity index (χ1n) is 24.4. The summed E-state index contributed by atoms with van der Waals surface area (Å²) in [6, 6.07) is 59.4. The number of anilines is 3. The van der Waals surface area contributed by atoms with Crippen LogP contribution in [0.4, 0.5) is 17.1 Å². The van der Waals surface area contributed by atoms with Crippen molar-refractivity contribution in [3.63, 3.8) is 0 Å². The number of nitrogens with zero attached hydrogens (tertiary/aromatic N) is 3. The zero-order chi connectivity index (χ0) is 46.0. The second kappa shape index (κ2) is 19.3. The highest BCUT2D eigenvalue weighted by molar-refractivity contribution is 6.31. The van der Waals surface area contributed by atoms with Crippen molar-refractivity contribution < 1.29 is 4.42 Å². The predicted octanol–water partition coefficient (Wildman–Crippen LogP) is 18.5. The first kappa shape index (κ1) is 44.2. The Morgan fingerprint density at radius 3 is 1.94 bits per heavy atom. The number of aryl methyl sites for hydroxylation is 1. The lowest BCUT2D eigenvalue weighted by Crippen LogP contribution is -2.09. The van der Waals surface area contributed by atoms with Gasteiger partial charge in [-0.1, -0.05) is 157 Å². The molecule has 0 aliphatic carbocycles. The molecule has 0 saturated carbocycles. The van der Waals surface area contributed by atoms with Gasteiger partial charge in [0.1, 0.15) is 11.2 Å². The third kappa shape index (κ3) is 9.25. The van der Waals surface area contributed by atoms with Crippen molar-refractivity contribution >= 4 is 72.4 Å². The molecular formula is C62H60ClN3O.